The van der Waals surface area contributed by atoms with Crippen LogP contribution in [-0.2, 0) is 13.0 Å². The SMILES string of the molecule is O=C(N[C@@H]1CC[C@@H](c2c(F)cccc2F)Cn2c(CC(F)(F)F)cnc21)N1CCC(n2c(=O)[nH]c3ncccc32)CC1. The molecule has 2 amide bonds. The first-order valence-electron chi connectivity index (χ1n) is 13.7. The average Bonchev–Trinajstić information content (AvgIpc) is 3.42. The van der Waals surface area contributed by atoms with Crippen LogP contribution >= 0.6 is 0 Å². The predicted molar refractivity (Wildman–Crippen MR) is 142 cm³/mol. The number of imidazole rings is 2. The second-order valence-corrected chi connectivity index (χ2v) is 10.8. The van der Waals surface area contributed by atoms with E-state index in [0.717, 1.165) is 18.3 Å². The number of carbonyl (C=O) groups is 1. The summed E-state index contributed by atoms with van der Waals surface area (Å²) < 4.78 is 72.5. The lowest BCUT2D eigenvalue weighted by Gasteiger charge is -2.33. The highest BCUT2D eigenvalue weighted by Gasteiger charge is 2.36. The number of benzene rings is 1. The number of alkyl halides is 3. The molecular weight excluding hydrogens is 561 g/mol. The smallest absolute Gasteiger partial charge is 0.329 e. The fourth-order valence-electron chi connectivity index (χ4n) is 6.23. The molecule has 2 aliphatic heterocycles. The van der Waals surface area contributed by atoms with Crippen LogP contribution < -0.4 is 11.0 Å². The standard InChI is InChI=1S/C28H28F5N7O2/c29-19-3-1-4-20(30)23(19)16-6-7-21(25-35-14-18(39(25)15-16)13-28(31,32)33)36-26(41)38-11-8-17(9-12-38)40-22-5-2-10-34-24(22)37-27(40)42/h1-5,10,14,16-17,21H,6-9,11-13,15H2,(H,36,41)(H,34,37,42)/t16-,21-/m1/s1. The van der Waals surface area contributed by atoms with Crippen molar-refractivity contribution in [3.05, 3.63) is 81.9 Å². The number of aromatic amines is 1. The molecule has 0 spiro atoms. The summed E-state index contributed by atoms with van der Waals surface area (Å²) >= 11 is 0. The van der Waals surface area contributed by atoms with Crippen molar-refractivity contribution in [2.45, 2.75) is 62.8 Å². The Bertz CT molecular complexity index is 1650. The maximum atomic E-state index is 14.7. The number of urea groups is 1. The third-order valence-corrected chi connectivity index (χ3v) is 8.18. The molecule has 0 saturated carbocycles. The molecule has 0 radical (unpaired) electrons. The van der Waals surface area contributed by atoms with Gasteiger partial charge < -0.3 is 14.8 Å². The molecule has 9 nitrogen and oxygen atoms in total. The third kappa shape index (κ3) is 5.37. The molecular formula is C28H28F5N7O2. The largest absolute Gasteiger partial charge is 0.394 e. The van der Waals surface area contributed by atoms with Crippen molar-refractivity contribution in [2.24, 2.45) is 0 Å². The number of aromatic nitrogens is 5. The summed E-state index contributed by atoms with van der Waals surface area (Å²) in [7, 11) is 0. The number of nitrogens with zero attached hydrogens (tertiary/aromatic N) is 5. The predicted octanol–water partition coefficient (Wildman–Crippen LogP) is 4.97. The van der Waals surface area contributed by atoms with E-state index in [0.29, 0.717) is 37.1 Å². The average molecular weight is 590 g/mol. The van der Waals surface area contributed by atoms with E-state index < -0.39 is 42.2 Å². The van der Waals surface area contributed by atoms with Gasteiger partial charge in [-0.05, 0) is 49.9 Å². The summed E-state index contributed by atoms with van der Waals surface area (Å²) in [6, 6.07) is 5.71. The van der Waals surface area contributed by atoms with Crippen LogP contribution in [0.2, 0.25) is 0 Å². The Labute approximate surface area is 236 Å². The van der Waals surface area contributed by atoms with E-state index in [1.165, 1.54) is 10.6 Å². The zero-order chi connectivity index (χ0) is 29.6. The summed E-state index contributed by atoms with van der Waals surface area (Å²) in [4.78, 5) is 38.7. The van der Waals surface area contributed by atoms with Gasteiger partial charge in [0.2, 0.25) is 0 Å². The van der Waals surface area contributed by atoms with Crippen LogP contribution in [0.25, 0.3) is 11.2 Å². The van der Waals surface area contributed by atoms with Crippen molar-refractivity contribution >= 4 is 17.2 Å². The molecule has 42 heavy (non-hydrogen) atoms. The van der Waals surface area contributed by atoms with Gasteiger partial charge in [-0.25, -0.2) is 28.3 Å². The number of nitrogens with one attached hydrogen (secondary N) is 2. The fourth-order valence-corrected chi connectivity index (χ4v) is 6.23. The monoisotopic (exact) mass is 589 g/mol. The number of amides is 2. The lowest BCUT2D eigenvalue weighted by atomic mass is 9.92. The molecule has 3 aromatic heterocycles. The van der Waals surface area contributed by atoms with E-state index in [-0.39, 0.29) is 48.2 Å². The van der Waals surface area contributed by atoms with Crippen molar-refractivity contribution in [3.63, 3.8) is 0 Å². The van der Waals surface area contributed by atoms with Crippen LogP contribution in [0, 0.1) is 11.6 Å². The van der Waals surface area contributed by atoms with Crippen molar-refractivity contribution in [3.8, 4) is 0 Å². The highest BCUT2D eigenvalue weighted by Crippen LogP contribution is 2.37. The van der Waals surface area contributed by atoms with Crippen LogP contribution in [0.3, 0.4) is 0 Å². The Morgan fingerprint density at radius 2 is 1.76 bits per heavy atom. The molecule has 5 heterocycles. The van der Waals surface area contributed by atoms with Crippen LogP contribution in [0.15, 0.2) is 47.5 Å². The number of halogens is 5. The molecule has 1 fully saturated rings. The normalized spacial score (nSPS) is 20.0. The first-order valence-corrected chi connectivity index (χ1v) is 13.7. The number of piperidine rings is 1. The zero-order valence-corrected chi connectivity index (χ0v) is 22.4. The number of H-pyrrole nitrogens is 1. The highest BCUT2D eigenvalue weighted by molar-refractivity contribution is 5.75. The Morgan fingerprint density at radius 3 is 2.48 bits per heavy atom. The van der Waals surface area contributed by atoms with Gasteiger partial charge in [-0.1, -0.05) is 6.07 Å². The molecule has 1 aromatic carbocycles. The number of hydrogen-bond acceptors (Lipinski definition) is 4. The maximum absolute atomic E-state index is 14.7. The molecule has 1 saturated heterocycles. The van der Waals surface area contributed by atoms with Gasteiger partial charge in [0.25, 0.3) is 0 Å². The second kappa shape index (κ2) is 10.9. The van der Waals surface area contributed by atoms with Gasteiger partial charge in [0, 0.05) is 55.2 Å². The van der Waals surface area contributed by atoms with Gasteiger partial charge in [-0.3, -0.25) is 9.55 Å². The molecule has 4 aromatic rings. The van der Waals surface area contributed by atoms with E-state index in [4.69, 9.17) is 0 Å². The van der Waals surface area contributed by atoms with Gasteiger partial charge >= 0.3 is 17.9 Å². The van der Waals surface area contributed by atoms with Crippen LogP contribution in [0.4, 0.5) is 26.7 Å². The molecule has 14 heteroatoms. The summed E-state index contributed by atoms with van der Waals surface area (Å²) in [6.07, 6.45) is -1.61. The van der Waals surface area contributed by atoms with Crippen molar-refractivity contribution < 1.29 is 26.7 Å². The molecule has 222 valence electrons. The van der Waals surface area contributed by atoms with Crippen molar-refractivity contribution in [2.75, 3.05) is 13.1 Å². The van der Waals surface area contributed by atoms with E-state index in [9.17, 15) is 31.5 Å². The quantitative estimate of drug-likeness (QED) is 0.329. The fraction of sp³-hybridized carbons (Fsp3) is 0.429. The first-order chi connectivity index (χ1) is 20.1. The van der Waals surface area contributed by atoms with Gasteiger partial charge in [0.05, 0.1) is 18.0 Å². The minimum atomic E-state index is -4.52. The molecule has 0 aliphatic carbocycles. The number of rotatable bonds is 4. The molecule has 6 rings (SSSR count). The van der Waals surface area contributed by atoms with Crippen molar-refractivity contribution in [1.29, 1.82) is 0 Å². The van der Waals surface area contributed by atoms with Gasteiger partial charge in [-0.15, -0.1) is 0 Å². The van der Waals surface area contributed by atoms with Crippen LogP contribution in [0.5, 0.6) is 0 Å². The Morgan fingerprint density at radius 1 is 1.02 bits per heavy atom. The number of carbonyl (C=O) groups excluding carboxylic acids is 1. The lowest BCUT2D eigenvalue weighted by Crippen LogP contribution is -2.46. The molecule has 2 aliphatic rings. The van der Waals surface area contributed by atoms with E-state index >= 15 is 0 Å². The van der Waals surface area contributed by atoms with Gasteiger partial charge in [0.1, 0.15) is 17.5 Å². The topological polar surface area (TPSA) is 101 Å². The molecule has 2 atom stereocenters. The molecule has 0 bridgehead atoms. The summed E-state index contributed by atoms with van der Waals surface area (Å²) in [5, 5.41) is 2.90. The summed E-state index contributed by atoms with van der Waals surface area (Å²) in [5.41, 5.74) is 0.579. The first kappa shape index (κ1) is 27.9. The second-order valence-electron chi connectivity index (χ2n) is 10.8. The van der Waals surface area contributed by atoms with Crippen LogP contribution in [0.1, 0.15) is 60.8 Å². The number of pyridine rings is 1. The number of hydrogen-bond donors (Lipinski definition) is 2. The summed E-state index contributed by atoms with van der Waals surface area (Å²) in [5.74, 6) is -2.08. The minimum absolute atomic E-state index is 0.107. The van der Waals surface area contributed by atoms with Gasteiger partial charge in [0.15, 0.2) is 5.65 Å². The minimum Gasteiger partial charge on any atom is -0.329 e. The van der Waals surface area contributed by atoms with Crippen LogP contribution in [-0.4, -0.2) is 54.3 Å². The Hall–Kier alpha value is -4.23. The maximum Gasteiger partial charge on any atom is 0.394 e. The number of likely N-dealkylation sites (tertiary alicyclic amines) is 1. The zero-order valence-electron chi connectivity index (χ0n) is 22.4. The van der Waals surface area contributed by atoms with E-state index in [2.05, 4.69) is 20.3 Å². The van der Waals surface area contributed by atoms with E-state index in [1.807, 2.05) is 0 Å². The Kier molecular flexibility index (Phi) is 7.23. The third-order valence-electron chi connectivity index (χ3n) is 8.18. The highest BCUT2D eigenvalue weighted by atomic mass is 19.4. The van der Waals surface area contributed by atoms with Gasteiger partial charge in [-0.2, -0.15) is 13.2 Å². The van der Waals surface area contributed by atoms with Crippen molar-refractivity contribution in [1.82, 2.24) is 34.3 Å². The lowest BCUT2D eigenvalue weighted by molar-refractivity contribution is -0.128. The molecule has 0 unspecified atom stereocenters. The molecule has 2 N–H and O–H groups in total. The summed E-state index contributed by atoms with van der Waals surface area (Å²) in [6.45, 7) is 0.587. The number of fused-ring (bicyclic) bond motifs is 2. The van der Waals surface area contributed by atoms with E-state index in [1.54, 1.807) is 27.8 Å². The Balaban J connectivity index is 1.20.